The molecular formula is C18H22N4O4. The van der Waals surface area contributed by atoms with Crippen LogP contribution in [0.1, 0.15) is 45.3 Å². The van der Waals surface area contributed by atoms with E-state index in [1.807, 2.05) is 18.2 Å². The maximum absolute atomic E-state index is 12.7. The van der Waals surface area contributed by atoms with Gasteiger partial charge in [-0.15, -0.1) is 5.10 Å². The summed E-state index contributed by atoms with van der Waals surface area (Å²) in [5.74, 6) is -0.283. The molecule has 1 saturated heterocycles. The Balaban J connectivity index is 1.76. The maximum atomic E-state index is 12.7. The Morgan fingerprint density at radius 2 is 2.08 bits per heavy atom. The number of esters is 1. The van der Waals surface area contributed by atoms with E-state index in [1.54, 1.807) is 18.0 Å². The zero-order valence-electron chi connectivity index (χ0n) is 15.1. The van der Waals surface area contributed by atoms with Crippen molar-refractivity contribution >= 4 is 11.9 Å². The van der Waals surface area contributed by atoms with Crippen LogP contribution in [0.15, 0.2) is 24.3 Å². The minimum atomic E-state index is -0.361. The van der Waals surface area contributed by atoms with E-state index in [4.69, 9.17) is 9.47 Å². The van der Waals surface area contributed by atoms with Gasteiger partial charge >= 0.3 is 12.0 Å². The SMILES string of the molecule is COC(=O)c1cccc(C2CCCN(C(=O)c3nc(OC)n(C)n3)C2)c1. The fourth-order valence-electron chi connectivity index (χ4n) is 3.25. The molecule has 1 amide bonds. The van der Waals surface area contributed by atoms with Gasteiger partial charge in [-0.2, -0.15) is 4.98 Å². The van der Waals surface area contributed by atoms with Gasteiger partial charge in [0.1, 0.15) is 0 Å². The molecule has 8 nitrogen and oxygen atoms in total. The van der Waals surface area contributed by atoms with Crippen LogP contribution in [-0.2, 0) is 11.8 Å². The lowest BCUT2D eigenvalue weighted by atomic mass is 9.89. The van der Waals surface area contributed by atoms with Crippen LogP contribution in [0.4, 0.5) is 0 Å². The predicted octanol–water partition coefficient (Wildman–Crippen LogP) is 1.63. The molecule has 3 rings (SSSR count). The van der Waals surface area contributed by atoms with Crippen molar-refractivity contribution < 1.29 is 19.1 Å². The van der Waals surface area contributed by atoms with Crippen LogP contribution in [-0.4, -0.2) is 58.8 Å². The Hall–Kier alpha value is -2.90. The summed E-state index contributed by atoms with van der Waals surface area (Å²) >= 11 is 0. The Kier molecular flexibility index (Phi) is 5.20. The van der Waals surface area contributed by atoms with Gasteiger partial charge in [0, 0.05) is 26.1 Å². The van der Waals surface area contributed by atoms with Gasteiger partial charge in [0.05, 0.1) is 19.8 Å². The average Bonchev–Trinajstić information content (AvgIpc) is 3.07. The fourth-order valence-corrected chi connectivity index (χ4v) is 3.25. The lowest BCUT2D eigenvalue weighted by Crippen LogP contribution is -2.39. The van der Waals surface area contributed by atoms with Crippen LogP contribution in [0.5, 0.6) is 6.01 Å². The van der Waals surface area contributed by atoms with Gasteiger partial charge in [-0.25, -0.2) is 9.48 Å². The smallest absolute Gasteiger partial charge is 0.337 e. The van der Waals surface area contributed by atoms with Crippen molar-refractivity contribution in [1.82, 2.24) is 19.7 Å². The molecule has 1 aliphatic rings. The number of piperidine rings is 1. The first kappa shape index (κ1) is 17.9. The predicted molar refractivity (Wildman–Crippen MR) is 93.2 cm³/mol. The molecule has 1 aromatic carbocycles. The number of methoxy groups -OCH3 is 2. The van der Waals surface area contributed by atoms with Crippen molar-refractivity contribution in [2.45, 2.75) is 18.8 Å². The highest BCUT2D eigenvalue weighted by atomic mass is 16.5. The van der Waals surface area contributed by atoms with Crippen LogP contribution >= 0.6 is 0 Å². The first-order chi connectivity index (χ1) is 12.5. The minimum absolute atomic E-state index is 0.133. The van der Waals surface area contributed by atoms with Gasteiger partial charge in [0.25, 0.3) is 5.91 Å². The number of likely N-dealkylation sites (tertiary alicyclic amines) is 1. The van der Waals surface area contributed by atoms with Crippen molar-refractivity contribution in [2.24, 2.45) is 7.05 Å². The summed E-state index contributed by atoms with van der Waals surface area (Å²) in [6.45, 7) is 1.22. The highest BCUT2D eigenvalue weighted by molar-refractivity contribution is 5.91. The van der Waals surface area contributed by atoms with Gasteiger partial charge in [0.15, 0.2) is 0 Å². The highest BCUT2D eigenvalue weighted by Crippen LogP contribution is 2.28. The molecule has 1 fully saturated rings. The molecule has 8 heteroatoms. The molecule has 0 spiro atoms. The van der Waals surface area contributed by atoms with Crippen LogP contribution in [0.3, 0.4) is 0 Å². The Labute approximate surface area is 151 Å². The summed E-state index contributed by atoms with van der Waals surface area (Å²) in [4.78, 5) is 30.4. The zero-order chi connectivity index (χ0) is 18.7. The Morgan fingerprint density at radius 3 is 2.77 bits per heavy atom. The van der Waals surface area contributed by atoms with Gasteiger partial charge in [-0.3, -0.25) is 4.79 Å². The average molecular weight is 358 g/mol. The molecule has 1 unspecified atom stereocenters. The zero-order valence-corrected chi connectivity index (χ0v) is 15.1. The molecular weight excluding hydrogens is 336 g/mol. The summed E-state index contributed by atoms with van der Waals surface area (Å²) in [7, 11) is 4.54. The van der Waals surface area contributed by atoms with Gasteiger partial charge < -0.3 is 14.4 Å². The van der Waals surface area contributed by atoms with Crippen LogP contribution in [0.2, 0.25) is 0 Å². The molecule has 138 valence electrons. The number of aryl methyl sites for hydroxylation is 1. The van der Waals surface area contributed by atoms with Gasteiger partial charge in [0.2, 0.25) is 5.82 Å². The third-order valence-electron chi connectivity index (χ3n) is 4.58. The molecule has 0 bridgehead atoms. The number of benzene rings is 1. The summed E-state index contributed by atoms with van der Waals surface area (Å²) < 4.78 is 11.3. The molecule has 1 aromatic heterocycles. The molecule has 0 radical (unpaired) electrons. The number of hydrogen-bond acceptors (Lipinski definition) is 6. The number of carbonyl (C=O) groups is 2. The number of hydrogen-bond donors (Lipinski definition) is 0. The third kappa shape index (κ3) is 3.54. The molecule has 0 saturated carbocycles. The summed E-state index contributed by atoms with van der Waals surface area (Å²) in [5.41, 5.74) is 1.54. The number of aromatic nitrogens is 3. The van der Waals surface area contributed by atoms with Gasteiger partial charge in [-0.1, -0.05) is 12.1 Å². The normalized spacial score (nSPS) is 17.0. The first-order valence-corrected chi connectivity index (χ1v) is 8.46. The van der Waals surface area contributed by atoms with E-state index < -0.39 is 0 Å². The van der Waals surface area contributed by atoms with E-state index in [2.05, 4.69) is 10.1 Å². The minimum Gasteiger partial charge on any atom is -0.467 e. The lowest BCUT2D eigenvalue weighted by Gasteiger charge is -2.32. The van der Waals surface area contributed by atoms with E-state index >= 15 is 0 Å². The molecule has 2 aromatic rings. The lowest BCUT2D eigenvalue weighted by molar-refractivity contribution is 0.0599. The van der Waals surface area contributed by atoms with Crippen molar-refractivity contribution in [3.63, 3.8) is 0 Å². The molecule has 0 N–H and O–H groups in total. The van der Waals surface area contributed by atoms with Crippen molar-refractivity contribution in [1.29, 1.82) is 0 Å². The summed E-state index contributed by atoms with van der Waals surface area (Å²) in [6.07, 6.45) is 1.83. The van der Waals surface area contributed by atoms with Crippen LogP contribution < -0.4 is 4.74 Å². The largest absolute Gasteiger partial charge is 0.467 e. The standard InChI is InChI=1S/C18H22N4O4/c1-21-18(26-3)19-15(20-21)16(23)22-9-5-8-14(11-22)12-6-4-7-13(10-12)17(24)25-2/h4,6-7,10,14H,5,8-9,11H2,1-3H3. The van der Waals surface area contributed by atoms with Crippen molar-refractivity contribution in [2.75, 3.05) is 27.3 Å². The second-order valence-electron chi connectivity index (χ2n) is 6.25. The number of carbonyl (C=O) groups excluding carboxylic acids is 2. The van der Waals surface area contributed by atoms with E-state index in [1.165, 1.54) is 18.9 Å². The fraction of sp³-hybridized carbons (Fsp3) is 0.444. The van der Waals surface area contributed by atoms with E-state index in [-0.39, 0.29) is 23.6 Å². The quantitative estimate of drug-likeness (QED) is 0.772. The Bertz CT molecular complexity index is 817. The molecule has 26 heavy (non-hydrogen) atoms. The Morgan fingerprint density at radius 1 is 1.27 bits per heavy atom. The summed E-state index contributed by atoms with van der Waals surface area (Å²) in [5, 5.41) is 4.13. The van der Waals surface area contributed by atoms with Crippen molar-refractivity contribution in [3.8, 4) is 6.01 Å². The van der Waals surface area contributed by atoms with Crippen LogP contribution in [0.25, 0.3) is 0 Å². The molecule has 1 aliphatic heterocycles. The number of ether oxygens (including phenoxy) is 2. The van der Waals surface area contributed by atoms with E-state index in [0.29, 0.717) is 24.7 Å². The van der Waals surface area contributed by atoms with E-state index in [9.17, 15) is 9.59 Å². The summed E-state index contributed by atoms with van der Waals surface area (Å²) in [6, 6.07) is 7.69. The van der Waals surface area contributed by atoms with E-state index in [0.717, 1.165) is 18.4 Å². The van der Waals surface area contributed by atoms with Gasteiger partial charge in [-0.05, 0) is 30.5 Å². The maximum Gasteiger partial charge on any atom is 0.337 e. The second kappa shape index (κ2) is 7.55. The number of rotatable bonds is 4. The third-order valence-corrected chi connectivity index (χ3v) is 4.58. The highest BCUT2D eigenvalue weighted by Gasteiger charge is 2.28. The van der Waals surface area contributed by atoms with Crippen molar-refractivity contribution in [3.05, 3.63) is 41.2 Å². The number of amides is 1. The topological polar surface area (TPSA) is 86.5 Å². The number of nitrogens with zero attached hydrogens (tertiary/aromatic N) is 4. The molecule has 2 heterocycles. The monoisotopic (exact) mass is 358 g/mol. The first-order valence-electron chi connectivity index (χ1n) is 8.46. The molecule has 1 atom stereocenters. The van der Waals surface area contributed by atoms with Crippen LogP contribution in [0, 0.1) is 0 Å². The molecule has 0 aliphatic carbocycles. The second-order valence-corrected chi connectivity index (χ2v) is 6.25.